The van der Waals surface area contributed by atoms with Crippen LogP contribution in [0.4, 0.5) is 5.69 Å². The van der Waals surface area contributed by atoms with Gasteiger partial charge in [-0.2, -0.15) is 0 Å². The number of hydrogen-bond acceptors (Lipinski definition) is 4. The highest BCUT2D eigenvalue weighted by atomic mass is 16.5. The van der Waals surface area contributed by atoms with E-state index in [0.29, 0.717) is 49.5 Å². The number of ether oxygens (including phenoxy) is 2. The second-order valence-corrected chi connectivity index (χ2v) is 6.89. The van der Waals surface area contributed by atoms with Crippen LogP contribution in [-0.2, 0) is 4.79 Å². The van der Waals surface area contributed by atoms with Crippen molar-refractivity contribution in [3.63, 3.8) is 0 Å². The van der Waals surface area contributed by atoms with Crippen molar-refractivity contribution < 1.29 is 14.3 Å². The maximum atomic E-state index is 12.0. The van der Waals surface area contributed by atoms with Crippen LogP contribution < -0.4 is 25.4 Å². The Balaban J connectivity index is 1.84. The van der Waals surface area contributed by atoms with Crippen molar-refractivity contribution >= 4 is 17.6 Å². The molecule has 0 atom stereocenters. The van der Waals surface area contributed by atoms with Gasteiger partial charge in [0.1, 0.15) is 0 Å². The highest BCUT2D eigenvalue weighted by molar-refractivity contribution is 5.94. The summed E-state index contributed by atoms with van der Waals surface area (Å²) in [5.41, 5.74) is 0.852. The Labute approximate surface area is 168 Å². The van der Waals surface area contributed by atoms with Gasteiger partial charge in [-0.3, -0.25) is 9.79 Å². The van der Waals surface area contributed by atoms with E-state index in [1.807, 2.05) is 32.0 Å². The summed E-state index contributed by atoms with van der Waals surface area (Å²) in [4.78, 5) is 16.5. The number of benzene rings is 1. The summed E-state index contributed by atoms with van der Waals surface area (Å²) in [6.07, 6.45) is 5.54. The zero-order valence-electron chi connectivity index (χ0n) is 17.3. The predicted molar refractivity (Wildman–Crippen MR) is 113 cm³/mol. The van der Waals surface area contributed by atoms with Gasteiger partial charge >= 0.3 is 0 Å². The number of nitrogens with one attached hydrogen (secondary N) is 3. The first-order chi connectivity index (χ1) is 13.7. The number of aliphatic imine (C=N–C) groups is 1. The Hall–Kier alpha value is -2.44. The molecule has 1 amide bonds. The Bertz CT molecular complexity index is 643. The highest BCUT2D eigenvalue weighted by Crippen LogP contribution is 2.30. The zero-order chi connectivity index (χ0) is 20.2. The first kappa shape index (κ1) is 21.9. The molecule has 0 aliphatic heterocycles. The molecule has 28 heavy (non-hydrogen) atoms. The summed E-state index contributed by atoms with van der Waals surface area (Å²) in [6.45, 7) is 6.33. The fourth-order valence-electron chi connectivity index (χ4n) is 3.38. The molecule has 1 aliphatic carbocycles. The number of carbonyl (C=O) groups excluding carboxylic acids is 1. The number of carbonyl (C=O) groups is 1. The van der Waals surface area contributed by atoms with E-state index in [1.54, 1.807) is 7.11 Å². The van der Waals surface area contributed by atoms with Crippen LogP contribution in [0.25, 0.3) is 0 Å². The molecule has 1 aliphatic rings. The molecule has 2 rings (SSSR count). The van der Waals surface area contributed by atoms with Crippen LogP contribution in [0.3, 0.4) is 0 Å². The molecule has 0 saturated heterocycles. The number of rotatable bonds is 10. The smallest absolute Gasteiger partial charge is 0.220 e. The van der Waals surface area contributed by atoms with Crippen LogP contribution in [0.15, 0.2) is 23.2 Å². The third-order valence-electron chi connectivity index (χ3n) is 4.72. The third kappa shape index (κ3) is 7.29. The molecule has 1 aromatic rings. The second-order valence-electron chi connectivity index (χ2n) is 6.89. The largest absolute Gasteiger partial charge is 0.493 e. The van der Waals surface area contributed by atoms with Gasteiger partial charge in [0.2, 0.25) is 5.91 Å². The van der Waals surface area contributed by atoms with E-state index in [4.69, 9.17) is 9.47 Å². The lowest BCUT2D eigenvalue weighted by atomic mass is 10.0. The molecule has 0 spiro atoms. The highest BCUT2D eigenvalue weighted by Gasteiger charge is 2.17. The molecule has 3 N–H and O–H groups in total. The molecular formula is C21H34N4O3. The van der Waals surface area contributed by atoms with Gasteiger partial charge in [0, 0.05) is 31.3 Å². The molecule has 0 radical (unpaired) electrons. The lowest BCUT2D eigenvalue weighted by molar-refractivity contribution is -0.121. The number of guanidine groups is 1. The van der Waals surface area contributed by atoms with Crippen molar-refractivity contribution in [2.45, 2.75) is 46.0 Å². The molecule has 7 nitrogen and oxygen atoms in total. The molecule has 1 fully saturated rings. The first-order valence-corrected chi connectivity index (χ1v) is 10.3. The van der Waals surface area contributed by atoms with Crippen molar-refractivity contribution in [1.29, 1.82) is 0 Å². The summed E-state index contributed by atoms with van der Waals surface area (Å²) < 4.78 is 10.9. The molecule has 7 heteroatoms. The van der Waals surface area contributed by atoms with E-state index in [1.165, 1.54) is 25.7 Å². The normalized spacial score (nSPS) is 14.6. The monoisotopic (exact) mass is 390 g/mol. The van der Waals surface area contributed by atoms with Gasteiger partial charge in [-0.15, -0.1) is 0 Å². The molecule has 0 heterocycles. The number of methoxy groups -OCH3 is 1. The summed E-state index contributed by atoms with van der Waals surface area (Å²) in [7, 11) is 1.62. The minimum absolute atomic E-state index is 0.135. The summed E-state index contributed by atoms with van der Waals surface area (Å²) in [5.74, 6) is 2.75. The topological polar surface area (TPSA) is 84.0 Å². The number of amides is 1. The third-order valence-corrected chi connectivity index (χ3v) is 4.72. The van der Waals surface area contributed by atoms with Gasteiger partial charge in [-0.05, 0) is 44.7 Å². The van der Waals surface area contributed by atoms with E-state index in [2.05, 4.69) is 20.9 Å². The Morgan fingerprint density at radius 3 is 2.64 bits per heavy atom. The first-order valence-electron chi connectivity index (χ1n) is 10.3. The molecule has 0 aromatic heterocycles. The maximum absolute atomic E-state index is 12.0. The predicted octanol–water partition coefficient (Wildman–Crippen LogP) is 3.17. The van der Waals surface area contributed by atoms with Crippen molar-refractivity contribution in [1.82, 2.24) is 10.6 Å². The van der Waals surface area contributed by atoms with Crippen molar-refractivity contribution in [2.75, 3.05) is 38.7 Å². The van der Waals surface area contributed by atoms with E-state index in [9.17, 15) is 4.79 Å². The zero-order valence-corrected chi connectivity index (χ0v) is 17.3. The average Bonchev–Trinajstić information content (AvgIpc) is 3.19. The van der Waals surface area contributed by atoms with Crippen LogP contribution in [0, 0.1) is 5.92 Å². The fraction of sp³-hybridized carbons (Fsp3) is 0.619. The van der Waals surface area contributed by atoms with Gasteiger partial charge < -0.3 is 25.4 Å². The van der Waals surface area contributed by atoms with Crippen molar-refractivity contribution in [2.24, 2.45) is 10.9 Å². The molecule has 0 unspecified atom stereocenters. The van der Waals surface area contributed by atoms with Crippen LogP contribution in [0.1, 0.15) is 46.0 Å². The minimum Gasteiger partial charge on any atom is -0.493 e. The number of anilines is 1. The fourth-order valence-corrected chi connectivity index (χ4v) is 3.38. The van der Waals surface area contributed by atoms with Gasteiger partial charge in [-0.25, -0.2) is 0 Å². The van der Waals surface area contributed by atoms with Crippen LogP contribution >= 0.6 is 0 Å². The van der Waals surface area contributed by atoms with Gasteiger partial charge in [0.25, 0.3) is 0 Å². The van der Waals surface area contributed by atoms with Crippen LogP contribution in [0.5, 0.6) is 11.5 Å². The SMILES string of the molecule is CCNC(=NCCNC(=O)CC1CCCC1)Nc1ccc(OCC)c(OC)c1. The van der Waals surface area contributed by atoms with E-state index in [0.717, 1.165) is 12.2 Å². The summed E-state index contributed by atoms with van der Waals surface area (Å²) in [5, 5.41) is 9.44. The lowest BCUT2D eigenvalue weighted by Gasteiger charge is -2.14. The van der Waals surface area contributed by atoms with E-state index >= 15 is 0 Å². The quantitative estimate of drug-likeness (QED) is 0.325. The molecule has 156 valence electrons. The van der Waals surface area contributed by atoms with Gasteiger partial charge in [-0.1, -0.05) is 12.8 Å². The standard InChI is InChI=1S/C21H34N4O3/c1-4-22-21(24-13-12-23-20(26)14-16-8-6-7-9-16)25-17-10-11-18(28-5-2)19(15-17)27-3/h10-11,15-16H,4-9,12-14H2,1-3H3,(H,23,26)(H2,22,24,25). The summed E-state index contributed by atoms with van der Waals surface area (Å²) >= 11 is 0. The lowest BCUT2D eigenvalue weighted by Crippen LogP contribution is -2.32. The molecular weight excluding hydrogens is 356 g/mol. The average molecular weight is 391 g/mol. The van der Waals surface area contributed by atoms with E-state index in [-0.39, 0.29) is 5.91 Å². The molecule has 0 bridgehead atoms. The van der Waals surface area contributed by atoms with Crippen molar-refractivity contribution in [3.05, 3.63) is 18.2 Å². The minimum atomic E-state index is 0.135. The molecule has 1 aromatic carbocycles. The summed E-state index contributed by atoms with van der Waals surface area (Å²) in [6, 6.07) is 5.67. The second kappa shape index (κ2) is 12.1. The number of hydrogen-bond donors (Lipinski definition) is 3. The Morgan fingerprint density at radius 2 is 1.96 bits per heavy atom. The Kier molecular flexibility index (Phi) is 9.45. The maximum Gasteiger partial charge on any atom is 0.220 e. The van der Waals surface area contributed by atoms with Crippen LogP contribution in [-0.4, -0.2) is 45.2 Å². The van der Waals surface area contributed by atoms with Gasteiger partial charge in [0.15, 0.2) is 17.5 Å². The van der Waals surface area contributed by atoms with Gasteiger partial charge in [0.05, 0.1) is 20.3 Å². The van der Waals surface area contributed by atoms with E-state index < -0.39 is 0 Å². The molecule has 1 saturated carbocycles. The Morgan fingerprint density at radius 1 is 1.18 bits per heavy atom. The van der Waals surface area contributed by atoms with Crippen LogP contribution in [0.2, 0.25) is 0 Å². The number of nitrogens with zero attached hydrogens (tertiary/aromatic N) is 1. The van der Waals surface area contributed by atoms with Crippen molar-refractivity contribution in [3.8, 4) is 11.5 Å².